The number of carbonyl (C=O) groups excluding carboxylic acids is 2. The molecule has 0 bridgehead atoms. The summed E-state index contributed by atoms with van der Waals surface area (Å²) in [7, 11) is -3.95. The summed E-state index contributed by atoms with van der Waals surface area (Å²) in [5.41, 5.74) is 0.481. The molecule has 7 nitrogen and oxygen atoms in total. The lowest BCUT2D eigenvalue weighted by molar-refractivity contribution is -0.139. The maximum absolute atomic E-state index is 13.6. The van der Waals surface area contributed by atoms with Crippen LogP contribution in [-0.4, -0.2) is 50.5 Å². The second kappa shape index (κ2) is 13.0. The topological polar surface area (TPSA) is 86.8 Å². The lowest BCUT2D eigenvalue weighted by Crippen LogP contribution is -2.51. The van der Waals surface area contributed by atoms with Gasteiger partial charge in [0.25, 0.3) is 0 Å². The molecule has 0 spiro atoms. The molecule has 0 saturated heterocycles. The number of hydrogen-bond donors (Lipinski definition) is 1. The maximum atomic E-state index is 13.6. The molecule has 0 aliphatic rings. The Kier molecular flexibility index (Phi) is 11.0. The third-order valence-electron chi connectivity index (χ3n) is 5.24. The van der Waals surface area contributed by atoms with Gasteiger partial charge >= 0.3 is 0 Å². The summed E-state index contributed by atoms with van der Waals surface area (Å²) in [5.74, 6) is -1.04. The number of unbranched alkanes of at least 4 members (excludes halogenated alkanes) is 1. The first-order chi connectivity index (χ1) is 16.4. The van der Waals surface area contributed by atoms with Crippen LogP contribution in [0.1, 0.15) is 32.3 Å². The highest BCUT2D eigenvalue weighted by atomic mass is 35.5. The molecule has 2 aromatic carbocycles. The van der Waals surface area contributed by atoms with Gasteiger partial charge in [0.15, 0.2) is 0 Å². The zero-order chi connectivity index (χ0) is 26.3. The molecular formula is C23H27Cl4N3O4S. The molecular weight excluding hydrogens is 556 g/mol. The number of benzene rings is 2. The van der Waals surface area contributed by atoms with Crippen LogP contribution in [0.4, 0.5) is 5.69 Å². The molecule has 0 saturated carbocycles. The van der Waals surface area contributed by atoms with Gasteiger partial charge in [-0.1, -0.05) is 65.8 Å². The van der Waals surface area contributed by atoms with E-state index in [0.29, 0.717) is 22.2 Å². The quantitative estimate of drug-likeness (QED) is 0.359. The molecule has 12 heteroatoms. The van der Waals surface area contributed by atoms with E-state index in [-0.39, 0.29) is 28.2 Å². The highest BCUT2D eigenvalue weighted by molar-refractivity contribution is 7.92. The van der Waals surface area contributed by atoms with Crippen molar-refractivity contribution in [1.29, 1.82) is 0 Å². The number of hydrogen-bond acceptors (Lipinski definition) is 4. The van der Waals surface area contributed by atoms with Gasteiger partial charge in [0, 0.05) is 33.7 Å². The van der Waals surface area contributed by atoms with E-state index in [0.717, 1.165) is 23.4 Å². The number of carbonyl (C=O) groups is 2. The summed E-state index contributed by atoms with van der Waals surface area (Å²) in [5, 5.41) is 3.76. The van der Waals surface area contributed by atoms with E-state index in [4.69, 9.17) is 46.4 Å². The Labute approximate surface area is 226 Å². The fraction of sp³-hybridized carbons (Fsp3) is 0.391. The van der Waals surface area contributed by atoms with Crippen molar-refractivity contribution < 1.29 is 18.0 Å². The standard InChI is InChI=1S/C23H27Cl4N3O4S/c1-4-5-11-28-23(32)15(2)29(13-17-18(25)7-6-8-19(17)26)22(31)14-30(35(3,33)34)21-12-16(24)9-10-20(21)27/h6-10,12,15H,4-5,11,13-14H2,1-3H3,(H,28,32)/t15-/m0/s1. The Morgan fingerprint density at radius 1 is 1.03 bits per heavy atom. The largest absolute Gasteiger partial charge is 0.354 e. The van der Waals surface area contributed by atoms with E-state index < -0.39 is 28.5 Å². The molecule has 192 valence electrons. The van der Waals surface area contributed by atoms with Crippen LogP contribution in [0.5, 0.6) is 0 Å². The monoisotopic (exact) mass is 581 g/mol. The van der Waals surface area contributed by atoms with Gasteiger partial charge in [0.2, 0.25) is 21.8 Å². The van der Waals surface area contributed by atoms with Crippen LogP contribution in [0, 0.1) is 0 Å². The summed E-state index contributed by atoms with van der Waals surface area (Å²) < 4.78 is 26.1. The summed E-state index contributed by atoms with van der Waals surface area (Å²) >= 11 is 24.9. The highest BCUT2D eigenvalue weighted by Gasteiger charge is 2.31. The Morgan fingerprint density at radius 3 is 2.23 bits per heavy atom. The first-order valence-corrected chi connectivity index (χ1v) is 14.2. The number of sulfonamides is 1. The lowest BCUT2D eigenvalue weighted by atomic mass is 10.1. The fourth-order valence-corrected chi connectivity index (χ4v) is 5.05. The van der Waals surface area contributed by atoms with Crippen LogP contribution in [0.3, 0.4) is 0 Å². The van der Waals surface area contributed by atoms with Crippen molar-refractivity contribution in [3.05, 3.63) is 62.1 Å². The van der Waals surface area contributed by atoms with Gasteiger partial charge < -0.3 is 10.2 Å². The Hall–Kier alpha value is -1.71. The summed E-state index contributed by atoms with van der Waals surface area (Å²) in [6, 6.07) is 8.25. The van der Waals surface area contributed by atoms with Crippen molar-refractivity contribution in [2.75, 3.05) is 23.7 Å². The van der Waals surface area contributed by atoms with E-state index in [1.54, 1.807) is 25.1 Å². The first kappa shape index (κ1) is 29.5. The normalized spacial score (nSPS) is 12.2. The van der Waals surface area contributed by atoms with Crippen molar-refractivity contribution in [2.45, 2.75) is 39.3 Å². The minimum atomic E-state index is -3.95. The number of nitrogens with zero attached hydrogens (tertiary/aromatic N) is 2. The summed E-state index contributed by atoms with van der Waals surface area (Å²) in [6.45, 7) is 3.27. The third-order valence-corrected chi connectivity index (χ3v) is 7.63. The van der Waals surface area contributed by atoms with Crippen LogP contribution in [0.2, 0.25) is 20.1 Å². The molecule has 2 rings (SSSR count). The van der Waals surface area contributed by atoms with E-state index >= 15 is 0 Å². The van der Waals surface area contributed by atoms with Gasteiger partial charge in [0.05, 0.1) is 17.0 Å². The van der Waals surface area contributed by atoms with Gasteiger partial charge in [-0.3, -0.25) is 13.9 Å². The Balaban J connectivity index is 2.45. The number of nitrogens with one attached hydrogen (secondary N) is 1. The SMILES string of the molecule is CCCCNC(=O)[C@H](C)N(Cc1c(Cl)cccc1Cl)C(=O)CN(c1cc(Cl)ccc1Cl)S(C)(=O)=O. The average molecular weight is 583 g/mol. The molecule has 0 aliphatic carbocycles. The predicted octanol–water partition coefficient (Wildman–Crippen LogP) is 5.40. The van der Waals surface area contributed by atoms with Crippen molar-refractivity contribution in [3.63, 3.8) is 0 Å². The molecule has 1 atom stereocenters. The van der Waals surface area contributed by atoms with E-state index in [9.17, 15) is 18.0 Å². The van der Waals surface area contributed by atoms with Crippen LogP contribution >= 0.6 is 46.4 Å². The zero-order valence-corrected chi connectivity index (χ0v) is 23.4. The number of anilines is 1. The molecule has 0 radical (unpaired) electrons. The predicted molar refractivity (Wildman–Crippen MR) is 143 cm³/mol. The Morgan fingerprint density at radius 2 is 1.66 bits per heavy atom. The molecule has 0 unspecified atom stereocenters. The number of halogens is 4. The van der Waals surface area contributed by atoms with Crippen LogP contribution in [0.25, 0.3) is 0 Å². The molecule has 0 heterocycles. The molecule has 2 amide bonds. The average Bonchev–Trinajstić information content (AvgIpc) is 2.78. The molecule has 1 N–H and O–H groups in total. The summed E-state index contributed by atoms with van der Waals surface area (Å²) in [4.78, 5) is 27.6. The van der Waals surface area contributed by atoms with E-state index in [2.05, 4.69) is 5.32 Å². The van der Waals surface area contributed by atoms with Crippen LogP contribution < -0.4 is 9.62 Å². The molecule has 0 aromatic heterocycles. The van der Waals surface area contributed by atoms with Crippen molar-refractivity contribution in [1.82, 2.24) is 10.2 Å². The first-order valence-electron chi connectivity index (χ1n) is 10.8. The molecule has 0 fully saturated rings. The smallest absolute Gasteiger partial charge is 0.244 e. The molecule has 35 heavy (non-hydrogen) atoms. The second-order valence-corrected chi connectivity index (χ2v) is 11.5. The zero-order valence-electron chi connectivity index (χ0n) is 19.5. The Bertz CT molecular complexity index is 1160. The van der Waals surface area contributed by atoms with Gasteiger partial charge in [-0.2, -0.15) is 0 Å². The van der Waals surface area contributed by atoms with E-state index in [1.807, 2.05) is 6.92 Å². The van der Waals surface area contributed by atoms with Crippen molar-refractivity contribution >= 4 is 73.9 Å². The molecule has 0 aliphatic heterocycles. The third kappa shape index (κ3) is 8.15. The van der Waals surface area contributed by atoms with Crippen molar-refractivity contribution in [3.8, 4) is 0 Å². The van der Waals surface area contributed by atoms with Gasteiger partial charge in [-0.15, -0.1) is 0 Å². The van der Waals surface area contributed by atoms with Gasteiger partial charge in [-0.05, 0) is 43.7 Å². The van der Waals surface area contributed by atoms with Gasteiger partial charge in [-0.25, -0.2) is 8.42 Å². The van der Waals surface area contributed by atoms with Crippen LogP contribution in [-0.2, 0) is 26.2 Å². The molecule has 2 aromatic rings. The van der Waals surface area contributed by atoms with Gasteiger partial charge in [0.1, 0.15) is 12.6 Å². The lowest BCUT2D eigenvalue weighted by Gasteiger charge is -2.32. The summed E-state index contributed by atoms with van der Waals surface area (Å²) in [6.07, 6.45) is 2.61. The van der Waals surface area contributed by atoms with Crippen molar-refractivity contribution in [2.24, 2.45) is 0 Å². The highest BCUT2D eigenvalue weighted by Crippen LogP contribution is 2.31. The number of amides is 2. The minimum Gasteiger partial charge on any atom is -0.354 e. The van der Waals surface area contributed by atoms with Crippen LogP contribution in [0.15, 0.2) is 36.4 Å². The fourth-order valence-electron chi connectivity index (χ4n) is 3.24. The van der Waals surface area contributed by atoms with E-state index in [1.165, 1.54) is 23.1 Å². The maximum Gasteiger partial charge on any atom is 0.244 e. The minimum absolute atomic E-state index is 0.0470. The second-order valence-electron chi connectivity index (χ2n) is 7.91. The number of rotatable bonds is 11.